The molecule has 2 rings (SSSR count). The third-order valence-corrected chi connectivity index (χ3v) is 3.07. The third kappa shape index (κ3) is 3.46. The molecule has 0 N–H and O–H groups in total. The van der Waals surface area contributed by atoms with Crippen LogP contribution in [-0.2, 0) is 11.3 Å². The van der Waals surface area contributed by atoms with Gasteiger partial charge in [-0.3, -0.25) is 0 Å². The van der Waals surface area contributed by atoms with Crippen LogP contribution in [0.3, 0.4) is 0 Å². The fourth-order valence-electron chi connectivity index (χ4n) is 1.73. The van der Waals surface area contributed by atoms with Gasteiger partial charge in [0, 0.05) is 10.6 Å². The molecule has 0 bridgehead atoms. The van der Waals surface area contributed by atoms with E-state index in [0.29, 0.717) is 16.3 Å². The summed E-state index contributed by atoms with van der Waals surface area (Å²) in [5, 5.41) is 8.03. The Hall–Kier alpha value is -2.21. The lowest BCUT2D eigenvalue weighted by Crippen LogP contribution is -2.09. The summed E-state index contributed by atoms with van der Waals surface area (Å²) < 4.78 is 20.0. The van der Waals surface area contributed by atoms with Crippen LogP contribution in [0.5, 0.6) is 0 Å². The van der Waals surface area contributed by atoms with Crippen molar-refractivity contribution in [3.63, 3.8) is 0 Å². The van der Waals surface area contributed by atoms with Gasteiger partial charge in [0.1, 0.15) is 12.4 Å². The normalized spacial score (nSPS) is 10.4. The second kappa shape index (κ2) is 6.49. The number of ether oxygens (including phenoxy) is 1. The average molecular weight is 310 g/mol. The Kier molecular flexibility index (Phi) is 4.70. The van der Waals surface area contributed by atoms with Gasteiger partial charge in [0.05, 0.1) is 12.2 Å². The van der Waals surface area contributed by atoms with E-state index in [0.717, 1.165) is 0 Å². The molecule has 0 aliphatic heterocycles. The zero-order valence-electron chi connectivity index (χ0n) is 11.3. The number of rotatable bonds is 5. The highest BCUT2D eigenvalue weighted by molar-refractivity contribution is 6.30. The Morgan fingerprint density at radius 2 is 2.33 bits per heavy atom. The van der Waals surface area contributed by atoms with Gasteiger partial charge in [0.25, 0.3) is 0 Å². The molecule has 0 aliphatic carbocycles. The Balaban J connectivity index is 2.22. The molecule has 0 aliphatic rings. The van der Waals surface area contributed by atoms with Gasteiger partial charge in [-0.1, -0.05) is 29.5 Å². The molecule has 0 atom stereocenters. The van der Waals surface area contributed by atoms with Crippen LogP contribution < -0.4 is 0 Å². The minimum atomic E-state index is -0.592. The largest absolute Gasteiger partial charge is 0.457 e. The van der Waals surface area contributed by atoms with Crippen molar-refractivity contribution in [2.75, 3.05) is 6.61 Å². The number of aromatic nitrogens is 3. The van der Waals surface area contributed by atoms with Crippen molar-refractivity contribution in [2.24, 2.45) is 0 Å². The van der Waals surface area contributed by atoms with E-state index in [2.05, 4.69) is 16.9 Å². The van der Waals surface area contributed by atoms with E-state index >= 15 is 0 Å². The highest BCUT2D eigenvalue weighted by Gasteiger charge is 2.18. The number of hydrogen-bond donors (Lipinski definition) is 0. The van der Waals surface area contributed by atoms with Gasteiger partial charge in [0.15, 0.2) is 5.69 Å². The fourth-order valence-corrected chi connectivity index (χ4v) is 1.92. The number of hydrogen-bond acceptors (Lipinski definition) is 4. The lowest BCUT2D eigenvalue weighted by Gasteiger charge is -2.06. The lowest BCUT2D eigenvalue weighted by atomic mass is 10.2. The van der Waals surface area contributed by atoms with Gasteiger partial charge in [-0.05, 0) is 25.1 Å². The molecule has 0 amide bonds. The van der Waals surface area contributed by atoms with Crippen LogP contribution in [0.1, 0.15) is 21.7 Å². The van der Waals surface area contributed by atoms with E-state index in [9.17, 15) is 9.18 Å². The predicted molar refractivity (Wildman–Crippen MR) is 75.8 cm³/mol. The van der Waals surface area contributed by atoms with Gasteiger partial charge in [-0.15, -0.1) is 5.10 Å². The first-order valence-corrected chi connectivity index (χ1v) is 6.52. The number of esters is 1. The van der Waals surface area contributed by atoms with Gasteiger partial charge in [-0.25, -0.2) is 13.9 Å². The molecule has 0 radical (unpaired) electrons. The molecular weight excluding hydrogens is 297 g/mol. The molecule has 0 unspecified atom stereocenters. The highest BCUT2D eigenvalue weighted by atomic mass is 35.5. The highest BCUT2D eigenvalue weighted by Crippen LogP contribution is 2.17. The molecule has 0 saturated heterocycles. The zero-order chi connectivity index (χ0) is 15.4. The summed E-state index contributed by atoms with van der Waals surface area (Å²) in [6.07, 6.45) is 1.46. The maximum Gasteiger partial charge on any atom is 0.361 e. The van der Waals surface area contributed by atoms with Crippen molar-refractivity contribution in [3.8, 4) is 0 Å². The summed E-state index contributed by atoms with van der Waals surface area (Å²) in [6, 6.07) is 4.25. The Morgan fingerprint density at radius 3 is 3.05 bits per heavy atom. The Morgan fingerprint density at radius 1 is 1.57 bits per heavy atom. The Bertz CT molecular complexity index is 685. The van der Waals surface area contributed by atoms with Crippen molar-refractivity contribution in [3.05, 3.63) is 58.6 Å². The zero-order valence-corrected chi connectivity index (χ0v) is 12.1. The van der Waals surface area contributed by atoms with Crippen LogP contribution in [0.4, 0.5) is 4.39 Å². The van der Waals surface area contributed by atoms with E-state index in [-0.39, 0.29) is 18.8 Å². The number of carbonyl (C=O) groups excluding carboxylic acids is 1. The first-order chi connectivity index (χ1) is 10.0. The molecule has 1 aromatic carbocycles. The van der Waals surface area contributed by atoms with Crippen LogP contribution >= 0.6 is 11.6 Å². The van der Waals surface area contributed by atoms with E-state index in [1.807, 2.05) is 0 Å². The number of nitrogens with zero attached hydrogens (tertiary/aromatic N) is 3. The molecule has 110 valence electrons. The fraction of sp³-hybridized carbons (Fsp3) is 0.214. The first kappa shape index (κ1) is 15.2. The van der Waals surface area contributed by atoms with Crippen molar-refractivity contribution in [1.82, 2.24) is 15.0 Å². The van der Waals surface area contributed by atoms with Gasteiger partial charge in [0.2, 0.25) is 0 Å². The second-order valence-corrected chi connectivity index (χ2v) is 4.74. The van der Waals surface area contributed by atoms with E-state index < -0.39 is 11.8 Å². The maximum absolute atomic E-state index is 13.7. The smallest absolute Gasteiger partial charge is 0.361 e. The van der Waals surface area contributed by atoms with Crippen LogP contribution in [0.2, 0.25) is 5.02 Å². The summed E-state index contributed by atoms with van der Waals surface area (Å²) in [5.41, 5.74) is 0.948. The van der Waals surface area contributed by atoms with Crippen LogP contribution in [-0.4, -0.2) is 27.6 Å². The van der Waals surface area contributed by atoms with Gasteiger partial charge in [-0.2, -0.15) is 0 Å². The standard InChI is InChI=1S/C14H13ClFN3O2/c1-3-6-21-14(20)13-9(2)19(18-17-13)8-10-7-11(15)4-5-12(10)16/h3-5,7H,1,6,8H2,2H3. The summed E-state index contributed by atoms with van der Waals surface area (Å²) in [6.45, 7) is 5.33. The number of halogens is 2. The van der Waals surface area contributed by atoms with Crippen LogP contribution in [0.25, 0.3) is 0 Å². The van der Waals surface area contributed by atoms with Crippen molar-refractivity contribution in [2.45, 2.75) is 13.5 Å². The summed E-state index contributed by atoms with van der Waals surface area (Å²) in [5.74, 6) is -0.990. The molecule has 1 aromatic heterocycles. The quantitative estimate of drug-likeness (QED) is 0.629. The SMILES string of the molecule is C=CCOC(=O)c1nnn(Cc2cc(Cl)ccc2F)c1C. The lowest BCUT2D eigenvalue weighted by molar-refractivity contribution is 0.0542. The summed E-state index contributed by atoms with van der Waals surface area (Å²) >= 11 is 5.84. The van der Waals surface area contributed by atoms with Gasteiger partial charge >= 0.3 is 5.97 Å². The van der Waals surface area contributed by atoms with Crippen LogP contribution in [0, 0.1) is 12.7 Å². The third-order valence-electron chi connectivity index (χ3n) is 2.84. The molecule has 7 heteroatoms. The topological polar surface area (TPSA) is 57.0 Å². The second-order valence-electron chi connectivity index (χ2n) is 4.30. The molecule has 0 fully saturated rings. The van der Waals surface area contributed by atoms with Crippen molar-refractivity contribution < 1.29 is 13.9 Å². The molecular formula is C14H13ClFN3O2. The van der Waals surface area contributed by atoms with E-state index in [1.54, 1.807) is 6.92 Å². The first-order valence-electron chi connectivity index (χ1n) is 6.15. The molecule has 21 heavy (non-hydrogen) atoms. The molecule has 2 aromatic rings. The van der Waals surface area contributed by atoms with Crippen LogP contribution in [0.15, 0.2) is 30.9 Å². The molecule has 0 saturated carbocycles. The van der Waals surface area contributed by atoms with Gasteiger partial charge < -0.3 is 4.74 Å². The van der Waals surface area contributed by atoms with Crippen molar-refractivity contribution >= 4 is 17.6 Å². The number of carbonyl (C=O) groups is 1. The molecule has 1 heterocycles. The monoisotopic (exact) mass is 309 g/mol. The minimum absolute atomic E-state index is 0.0913. The predicted octanol–water partition coefficient (Wildman–Crippen LogP) is 2.77. The molecule has 0 spiro atoms. The summed E-state index contributed by atoms with van der Waals surface area (Å²) in [4.78, 5) is 11.7. The Labute approximate surface area is 126 Å². The van der Waals surface area contributed by atoms with E-state index in [4.69, 9.17) is 16.3 Å². The average Bonchev–Trinajstić information content (AvgIpc) is 2.82. The number of benzene rings is 1. The molecule has 5 nitrogen and oxygen atoms in total. The minimum Gasteiger partial charge on any atom is -0.457 e. The van der Waals surface area contributed by atoms with Crippen molar-refractivity contribution in [1.29, 1.82) is 0 Å². The maximum atomic E-state index is 13.7. The van der Waals surface area contributed by atoms with E-state index in [1.165, 1.54) is 29.0 Å². The summed E-state index contributed by atoms with van der Waals surface area (Å²) in [7, 11) is 0.